The third kappa shape index (κ3) is 4.16. The first-order valence-corrected chi connectivity index (χ1v) is 11.9. The number of aryl methyl sites for hydroxylation is 1. The molecule has 0 bridgehead atoms. The first-order chi connectivity index (χ1) is 14.6. The van der Waals surface area contributed by atoms with Crippen LogP contribution in [0.2, 0.25) is 10.0 Å². The van der Waals surface area contributed by atoms with Crippen LogP contribution in [0.3, 0.4) is 0 Å². The summed E-state index contributed by atoms with van der Waals surface area (Å²) in [6, 6.07) is 5.31. The van der Waals surface area contributed by atoms with Gasteiger partial charge in [0.1, 0.15) is 16.4 Å². The molecule has 8 heteroatoms. The molecule has 2 aliphatic rings. The Kier molecular flexibility index (Phi) is 5.86. The molecule has 5 nitrogen and oxygen atoms in total. The van der Waals surface area contributed by atoms with Crippen LogP contribution in [0.5, 0.6) is 11.6 Å². The normalized spacial score (nSPS) is 19.8. The van der Waals surface area contributed by atoms with E-state index in [4.69, 9.17) is 42.6 Å². The first kappa shape index (κ1) is 20.5. The zero-order chi connectivity index (χ0) is 20.7. The van der Waals surface area contributed by atoms with Gasteiger partial charge in [-0.15, -0.1) is 11.3 Å². The van der Waals surface area contributed by atoms with Gasteiger partial charge < -0.3 is 9.47 Å². The second kappa shape index (κ2) is 8.60. The average Bonchev–Trinajstić information content (AvgIpc) is 3.09. The number of ether oxygens (including phenoxy) is 2. The highest BCUT2D eigenvalue weighted by molar-refractivity contribution is 7.18. The number of morpholine rings is 1. The molecule has 0 spiro atoms. The Morgan fingerprint density at radius 1 is 1.20 bits per heavy atom. The highest BCUT2D eigenvalue weighted by atomic mass is 35.5. The predicted octanol–water partition coefficient (Wildman–Crippen LogP) is 5.75. The number of benzene rings is 1. The summed E-state index contributed by atoms with van der Waals surface area (Å²) in [5.74, 6) is 2.73. The van der Waals surface area contributed by atoms with Crippen molar-refractivity contribution in [3.05, 3.63) is 44.5 Å². The summed E-state index contributed by atoms with van der Waals surface area (Å²) in [5.41, 5.74) is 1.35. The van der Waals surface area contributed by atoms with Crippen LogP contribution in [0.4, 0.5) is 0 Å². The topological polar surface area (TPSA) is 47.5 Å². The summed E-state index contributed by atoms with van der Waals surface area (Å²) >= 11 is 14.1. The summed E-state index contributed by atoms with van der Waals surface area (Å²) in [5, 5.41) is 2.03. The van der Waals surface area contributed by atoms with Crippen molar-refractivity contribution in [2.75, 3.05) is 26.3 Å². The summed E-state index contributed by atoms with van der Waals surface area (Å²) in [7, 11) is 0. The molecule has 3 aromatic rings. The summed E-state index contributed by atoms with van der Waals surface area (Å²) < 4.78 is 11.7. The number of hydrogen-bond donors (Lipinski definition) is 0. The van der Waals surface area contributed by atoms with E-state index >= 15 is 0 Å². The molecule has 1 aromatic carbocycles. The van der Waals surface area contributed by atoms with Crippen LogP contribution in [-0.2, 0) is 24.1 Å². The van der Waals surface area contributed by atoms with Crippen molar-refractivity contribution in [2.24, 2.45) is 5.92 Å². The Morgan fingerprint density at radius 3 is 2.83 bits per heavy atom. The van der Waals surface area contributed by atoms with Gasteiger partial charge in [0.05, 0.1) is 35.2 Å². The molecule has 5 rings (SSSR count). The lowest BCUT2D eigenvalue weighted by Crippen LogP contribution is -2.36. The molecule has 0 N–H and O–H groups in total. The Labute approximate surface area is 189 Å². The van der Waals surface area contributed by atoms with Gasteiger partial charge in [-0.2, -0.15) is 4.98 Å². The summed E-state index contributed by atoms with van der Waals surface area (Å²) in [6.45, 7) is 6.29. The van der Waals surface area contributed by atoms with Crippen LogP contribution >= 0.6 is 34.5 Å². The second-order valence-corrected chi connectivity index (χ2v) is 9.94. The van der Waals surface area contributed by atoms with Crippen LogP contribution in [0.25, 0.3) is 10.2 Å². The van der Waals surface area contributed by atoms with E-state index in [1.165, 1.54) is 16.9 Å². The lowest BCUT2D eigenvalue weighted by molar-refractivity contribution is 0.0330. The van der Waals surface area contributed by atoms with Gasteiger partial charge in [-0.05, 0) is 42.9 Å². The van der Waals surface area contributed by atoms with Crippen LogP contribution in [-0.4, -0.2) is 41.2 Å². The van der Waals surface area contributed by atoms with Gasteiger partial charge in [0.2, 0.25) is 5.88 Å². The molecule has 1 aliphatic heterocycles. The van der Waals surface area contributed by atoms with Gasteiger partial charge >= 0.3 is 0 Å². The van der Waals surface area contributed by atoms with Gasteiger partial charge in [-0.25, -0.2) is 4.98 Å². The number of aromatic nitrogens is 2. The Bertz CT molecular complexity index is 1080. The minimum absolute atomic E-state index is 0.467. The standard InChI is InChI=1S/C22H23Cl2N3O2S/c1-13-2-4-15-18(10-13)30-22-20(15)21(29-14-3-5-16(23)17(24)11-14)25-19(26-22)12-27-6-8-28-9-7-27/h3,5,11,13H,2,4,6-10,12H2,1H3/t13-/m1/s1. The quantitative estimate of drug-likeness (QED) is 0.492. The van der Waals surface area contributed by atoms with Crippen molar-refractivity contribution in [3.8, 4) is 11.6 Å². The van der Waals surface area contributed by atoms with E-state index < -0.39 is 0 Å². The van der Waals surface area contributed by atoms with Crippen molar-refractivity contribution in [2.45, 2.75) is 32.7 Å². The molecule has 3 heterocycles. The molecule has 0 radical (unpaired) electrons. The van der Waals surface area contributed by atoms with Crippen LogP contribution in [0, 0.1) is 5.92 Å². The average molecular weight is 464 g/mol. The number of halogens is 2. The molecule has 0 amide bonds. The van der Waals surface area contributed by atoms with Crippen molar-refractivity contribution < 1.29 is 9.47 Å². The third-order valence-corrected chi connectivity index (χ3v) is 7.63. The van der Waals surface area contributed by atoms with Crippen molar-refractivity contribution in [1.29, 1.82) is 0 Å². The van der Waals surface area contributed by atoms with Gasteiger partial charge in [-0.3, -0.25) is 4.90 Å². The van der Waals surface area contributed by atoms with Gasteiger partial charge in [0.15, 0.2) is 0 Å². The predicted molar refractivity (Wildman–Crippen MR) is 121 cm³/mol. The molecule has 0 unspecified atom stereocenters. The van der Waals surface area contributed by atoms with Crippen LogP contribution in [0.1, 0.15) is 29.6 Å². The van der Waals surface area contributed by atoms with Gasteiger partial charge in [-0.1, -0.05) is 30.1 Å². The number of nitrogens with zero attached hydrogens (tertiary/aromatic N) is 3. The second-order valence-electron chi connectivity index (χ2n) is 8.04. The third-order valence-electron chi connectivity index (χ3n) is 5.74. The van der Waals surface area contributed by atoms with E-state index in [2.05, 4.69) is 11.8 Å². The largest absolute Gasteiger partial charge is 0.438 e. The molecule has 30 heavy (non-hydrogen) atoms. The number of hydrogen-bond acceptors (Lipinski definition) is 6. The van der Waals surface area contributed by atoms with Crippen LogP contribution < -0.4 is 4.74 Å². The molecule has 0 saturated carbocycles. The van der Waals surface area contributed by atoms with Crippen molar-refractivity contribution in [3.63, 3.8) is 0 Å². The fourth-order valence-corrected chi connectivity index (χ4v) is 5.79. The molecule has 1 saturated heterocycles. The van der Waals surface area contributed by atoms with E-state index in [0.29, 0.717) is 34.1 Å². The van der Waals surface area contributed by atoms with Gasteiger partial charge in [0, 0.05) is 24.0 Å². The summed E-state index contributed by atoms with van der Waals surface area (Å²) in [4.78, 5) is 14.5. The van der Waals surface area contributed by atoms with Crippen LogP contribution in [0.15, 0.2) is 18.2 Å². The molecule has 2 aromatic heterocycles. The number of fused-ring (bicyclic) bond motifs is 3. The van der Waals surface area contributed by atoms with E-state index in [-0.39, 0.29) is 0 Å². The molecule has 158 valence electrons. The zero-order valence-electron chi connectivity index (χ0n) is 16.8. The molecular formula is C22H23Cl2N3O2S. The lowest BCUT2D eigenvalue weighted by atomic mass is 9.89. The number of thiophene rings is 1. The van der Waals surface area contributed by atoms with Crippen molar-refractivity contribution >= 4 is 44.8 Å². The Balaban J connectivity index is 1.56. The molecule has 1 fully saturated rings. The van der Waals surface area contributed by atoms with E-state index in [1.807, 2.05) is 6.07 Å². The maximum atomic E-state index is 6.28. The number of rotatable bonds is 4. The Hall–Kier alpha value is -1.44. The fourth-order valence-electron chi connectivity index (χ4n) is 4.11. The van der Waals surface area contributed by atoms with E-state index in [9.17, 15) is 0 Å². The Morgan fingerprint density at radius 2 is 2.03 bits per heavy atom. The lowest BCUT2D eigenvalue weighted by Gasteiger charge is -2.25. The maximum Gasteiger partial charge on any atom is 0.231 e. The molecular weight excluding hydrogens is 441 g/mol. The minimum atomic E-state index is 0.467. The summed E-state index contributed by atoms with van der Waals surface area (Å²) in [6.07, 6.45) is 3.32. The van der Waals surface area contributed by atoms with Crippen molar-refractivity contribution in [1.82, 2.24) is 14.9 Å². The van der Waals surface area contributed by atoms with Gasteiger partial charge in [0.25, 0.3) is 0 Å². The zero-order valence-corrected chi connectivity index (χ0v) is 19.1. The van der Waals surface area contributed by atoms with E-state index in [1.54, 1.807) is 23.5 Å². The highest BCUT2D eigenvalue weighted by Crippen LogP contribution is 2.42. The highest BCUT2D eigenvalue weighted by Gasteiger charge is 2.25. The molecule has 1 aliphatic carbocycles. The minimum Gasteiger partial charge on any atom is -0.438 e. The SMILES string of the molecule is C[C@@H]1CCc2c(sc3nc(CN4CCOCC4)nc(Oc4ccc(Cl)c(Cl)c4)c23)C1. The maximum absolute atomic E-state index is 6.28. The first-order valence-electron chi connectivity index (χ1n) is 10.3. The monoisotopic (exact) mass is 463 g/mol. The molecule has 1 atom stereocenters. The smallest absolute Gasteiger partial charge is 0.231 e. The van der Waals surface area contributed by atoms with E-state index in [0.717, 1.165) is 55.2 Å². The fraction of sp³-hybridized carbons (Fsp3) is 0.455.